The highest BCUT2D eigenvalue weighted by Crippen LogP contribution is 2.19. The van der Waals surface area contributed by atoms with E-state index in [9.17, 15) is 61.1 Å². The molecule has 0 atom stereocenters. The van der Waals surface area contributed by atoms with Gasteiger partial charge in [0.25, 0.3) is 22.2 Å². The van der Waals surface area contributed by atoms with Crippen molar-refractivity contribution in [2.75, 3.05) is 10.7 Å². The van der Waals surface area contributed by atoms with Gasteiger partial charge in [0.1, 0.15) is 39.1 Å². The van der Waals surface area contributed by atoms with E-state index in [-0.39, 0.29) is 86.3 Å². The number of ether oxygens (including phenoxy) is 1. The fourth-order valence-corrected chi connectivity index (χ4v) is 9.13. The number of benzene rings is 4. The molecule has 4 aromatic carbocycles. The van der Waals surface area contributed by atoms with Gasteiger partial charge in [-0.25, -0.2) is 37.1 Å². The second-order valence-electron chi connectivity index (χ2n) is 17.4. The first-order valence-electron chi connectivity index (χ1n) is 25.4. The third-order valence-corrected chi connectivity index (χ3v) is 14.4. The molecule has 468 valence electrons. The van der Waals surface area contributed by atoms with Crippen molar-refractivity contribution in [2.24, 2.45) is 21.1 Å². The molecule has 0 amide bonds. The Labute approximate surface area is 565 Å². The van der Waals surface area contributed by atoms with E-state index in [0.717, 1.165) is 29.0 Å². The maximum atomic E-state index is 14.1. The molecule has 0 aliphatic rings. The molecule has 8 aromatic rings. The quantitative estimate of drug-likeness (QED) is 0.0324. The number of ketones is 1. The number of nitrogens with two attached hydrogens (primary N) is 1. The molecule has 0 aliphatic carbocycles. The second-order valence-corrected chi connectivity index (χ2v) is 22.2. The van der Waals surface area contributed by atoms with Crippen molar-refractivity contribution in [3.05, 3.63) is 253 Å². The van der Waals surface area contributed by atoms with E-state index in [2.05, 4.69) is 32.3 Å². The van der Waals surface area contributed by atoms with Crippen LogP contribution in [0.25, 0.3) is 0 Å². The zero-order valence-corrected chi connectivity index (χ0v) is 58.9. The van der Waals surface area contributed by atoms with Crippen molar-refractivity contribution in [3.8, 4) is 5.75 Å². The molecule has 0 saturated heterocycles. The highest BCUT2D eigenvalue weighted by molar-refractivity contribution is 14.1. The number of aromatic nitrogens is 8. The van der Waals surface area contributed by atoms with Gasteiger partial charge in [0.05, 0.1) is 5.69 Å². The van der Waals surface area contributed by atoms with E-state index in [1.807, 2.05) is 78.8 Å². The van der Waals surface area contributed by atoms with Crippen molar-refractivity contribution in [1.82, 2.24) is 37.0 Å². The van der Waals surface area contributed by atoms with Crippen molar-refractivity contribution in [3.63, 3.8) is 0 Å². The van der Waals surface area contributed by atoms with Crippen LogP contribution in [0.3, 0.4) is 0 Å². The molecule has 8 rings (SSSR count). The fourth-order valence-electron chi connectivity index (χ4n) is 7.34. The third kappa shape index (κ3) is 23.2. The normalized spacial score (nSPS) is 10.1. The number of Topliss-reactive ketones (excluding diaryl/α,β-unsaturated/α-hetero) is 1. The summed E-state index contributed by atoms with van der Waals surface area (Å²) in [5, 5.41) is 0.236. The van der Waals surface area contributed by atoms with Crippen molar-refractivity contribution in [2.45, 2.75) is 73.6 Å². The molecule has 0 saturated carbocycles. The first kappa shape index (κ1) is 77.2. The Kier molecular flexibility index (Phi) is 33.6. The summed E-state index contributed by atoms with van der Waals surface area (Å²) in [6, 6.07) is 26.8. The molecule has 4 aromatic heterocycles. The van der Waals surface area contributed by atoms with Gasteiger partial charge in [-0.2, -0.15) is 0 Å². The lowest BCUT2D eigenvalue weighted by Gasteiger charge is -2.15. The van der Waals surface area contributed by atoms with Crippen LogP contribution in [-0.2, 0) is 60.2 Å². The Morgan fingerprint density at radius 1 is 0.563 bits per heavy atom. The second kappa shape index (κ2) is 37.8. The average molecular weight is 1720 g/mol. The lowest BCUT2D eigenvalue weighted by molar-refractivity contribution is 0.101. The molecule has 0 spiro atoms. The first-order chi connectivity index (χ1) is 40.9. The van der Waals surface area contributed by atoms with Gasteiger partial charge in [-0.3, -0.25) is 56.4 Å². The Balaban J connectivity index is 0.000000367. The number of carbonyl (C=O) groups is 2. The van der Waals surface area contributed by atoms with E-state index in [4.69, 9.17) is 40.5 Å². The monoisotopic (exact) mass is 1710 g/mol. The molecular weight excluding hydrogens is 1660 g/mol. The number of alkyl halides is 1. The number of halogens is 10. The standard InChI is InChI=1S/C16H16FIN2O3.C14H14FIN2O2.C7H9ClN2O2.C7H5ClO2.C6H7ClN2O2.C6H5FIN.CH3I/c1-4-20-15(22)14(9(2)21)13(19(3)16(20)23)7-10-5-6-11(18)8-12(10)17;1-3-18-13(19)8-11(17(2)14(18)20)6-9-4-5-10(16)7-12(9)15;1-3-10-6(11)4-5(8)9(2)7(10)12;8-7(9)10-6-4-2-1-3-5-6;1-2-9-5(10)3-4(7)8-6(9)11;7-5-3-4(8)1-2-6(5)9;1-2/h5-6,8H,4,7H2,1-3H3;4-5,7-8H,3,6H2,1-2H3;4H,3H2,1-2H3;1-5H;3H,2H2,1H3,(H,8,11);1-3H,9H2;1H3. The topological polar surface area (TPSA) is 256 Å². The van der Waals surface area contributed by atoms with Gasteiger partial charge in [-0.1, -0.05) is 76.1 Å². The SMILES string of the molecule is CCn1c(=O)c(C(C)=O)c(Cc2ccc(I)cc2F)n(C)c1=O.CCn1c(=O)cc(Cc2ccc(I)cc2F)n(C)c1=O.CCn1c(=O)cc(Cl)[nH]c1=O.CCn1c(=O)cc(Cl)n(C)c1=O.CI.Nc1ccc(I)cc1F.O=C(Cl)Oc1ccccc1. The molecule has 0 unspecified atom stereocenters. The van der Waals surface area contributed by atoms with Gasteiger partial charge in [0.2, 0.25) is 0 Å². The van der Waals surface area contributed by atoms with Crippen molar-refractivity contribution < 1.29 is 27.5 Å². The summed E-state index contributed by atoms with van der Waals surface area (Å²) >= 11 is 24.2. The largest absolute Gasteiger partial charge is 0.415 e. The van der Waals surface area contributed by atoms with Crippen LogP contribution < -0.4 is 55.5 Å². The summed E-state index contributed by atoms with van der Waals surface area (Å²) in [7, 11) is 4.60. The number of carbonyl (C=O) groups excluding carboxylic acids is 2. The number of nitrogens with one attached hydrogen (secondary N) is 1. The van der Waals surface area contributed by atoms with E-state index in [1.165, 1.54) is 71.1 Å². The van der Waals surface area contributed by atoms with Crippen molar-refractivity contribution in [1.29, 1.82) is 0 Å². The Morgan fingerprint density at radius 2 is 1.00 bits per heavy atom. The highest BCUT2D eigenvalue weighted by atomic mass is 127. The molecule has 30 heteroatoms. The molecule has 87 heavy (non-hydrogen) atoms. The van der Waals surface area contributed by atoms with Crippen LogP contribution in [0, 0.1) is 28.2 Å². The van der Waals surface area contributed by atoms with E-state index in [0.29, 0.717) is 42.2 Å². The number of nitrogens with zero attached hydrogens (tertiary/aromatic N) is 7. The Hall–Kier alpha value is -5.88. The average Bonchev–Trinajstić information content (AvgIpc) is 1.07. The zero-order valence-electron chi connectivity index (χ0n) is 48.0. The van der Waals surface area contributed by atoms with Gasteiger partial charge in [-0.05, 0) is 173 Å². The number of nitrogen functional groups attached to an aromatic ring is 1. The molecule has 0 fully saturated rings. The van der Waals surface area contributed by atoms with Crippen LogP contribution in [0.2, 0.25) is 10.3 Å². The lowest BCUT2D eigenvalue weighted by atomic mass is 10.0. The third-order valence-electron chi connectivity index (χ3n) is 11.8. The molecule has 0 radical (unpaired) electrons. The summed E-state index contributed by atoms with van der Waals surface area (Å²) in [5.74, 6) is -1.08. The van der Waals surface area contributed by atoms with Crippen LogP contribution in [0.1, 0.15) is 67.5 Å². The van der Waals surface area contributed by atoms with Gasteiger partial charge in [0, 0.05) is 112 Å². The maximum absolute atomic E-state index is 14.1. The summed E-state index contributed by atoms with van der Waals surface area (Å²) in [6.45, 7) is 9.32. The minimum absolute atomic E-state index is 0.00318. The Morgan fingerprint density at radius 3 is 1.44 bits per heavy atom. The van der Waals surface area contributed by atoms with E-state index >= 15 is 0 Å². The fraction of sp³-hybridized carbons (Fsp3) is 0.263. The van der Waals surface area contributed by atoms with Gasteiger partial charge in [-0.15, -0.1) is 0 Å². The van der Waals surface area contributed by atoms with Crippen molar-refractivity contribution >= 4 is 142 Å². The number of hydrogen-bond acceptors (Lipinski definition) is 12. The molecule has 3 N–H and O–H groups in total. The first-order valence-corrected chi connectivity index (χ1v) is 31.9. The minimum atomic E-state index is -0.814. The van der Waals surface area contributed by atoms with Crippen LogP contribution in [0.5, 0.6) is 5.75 Å². The van der Waals surface area contributed by atoms with Crippen LogP contribution >= 0.6 is 125 Å². The van der Waals surface area contributed by atoms with E-state index in [1.54, 1.807) is 95.4 Å². The smallest absolute Gasteiger partial charge is 0.409 e. The number of H-pyrrole nitrogens is 1. The predicted octanol–water partition coefficient (Wildman–Crippen LogP) is 9.92. The molecular formula is C57H59Cl3F3I4N9O11. The predicted molar refractivity (Wildman–Crippen MR) is 368 cm³/mol. The number of anilines is 1. The van der Waals surface area contributed by atoms with Crippen LogP contribution in [0.4, 0.5) is 23.7 Å². The number of rotatable bonds is 10. The summed E-state index contributed by atoms with van der Waals surface area (Å²) in [6.07, 6.45) is 0.220. The van der Waals surface area contributed by atoms with Crippen LogP contribution in [0.15, 0.2) is 141 Å². The lowest BCUT2D eigenvalue weighted by Crippen LogP contribution is -2.43. The Bertz CT molecular complexity index is 4180. The van der Waals surface area contributed by atoms with Gasteiger partial charge >= 0.3 is 28.2 Å². The minimum Gasteiger partial charge on any atom is -0.415 e. The summed E-state index contributed by atoms with van der Waals surface area (Å²) in [4.78, 5) is 119. The summed E-state index contributed by atoms with van der Waals surface area (Å²) in [5.41, 5.74) is 2.64. The molecule has 0 aliphatic heterocycles. The maximum Gasteiger partial charge on any atom is 0.409 e. The van der Waals surface area contributed by atoms with Gasteiger partial charge < -0.3 is 15.0 Å². The number of para-hydroxylation sites is 1. The number of hydrogen-bond donors (Lipinski definition) is 2. The molecule has 4 heterocycles. The van der Waals surface area contributed by atoms with Gasteiger partial charge in [0.15, 0.2) is 5.78 Å². The van der Waals surface area contributed by atoms with Crippen LogP contribution in [-0.4, -0.2) is 53.1 Å². The van der Waals surface area contributed by atoms with E-state index < -0.39 is 34.0 Å². The highest BCUT2D eigenvalue weighted by Gasteiger charge is 2.21. The molecule has 20 nitrogen and oxygen atoms in total. The zero-order chi connectivity index (χ0) is 66.2. The number of aromatic amines is 1. The molecule has 0 bridgehead atoms. The summed E-state index contributed by atoms with van der Waals surface area (Å²) < 4.78 is 55.5.